The molecule has 0 saturated heterocycles. The Morgan fingerprint density at radius 1 is 1.50 bits per heavy atom. The summed E-state index contributed by atoms with van der Waals surface area (Å²) in [5.74, 6) is 0.519. The van der Waals surface area contributed by atoms with Gasteiger partial charge >= 0.3 is 0 Å². The van der Waals surface area contributed by atoms with Crippen LogP contribution in [-0.4, -0.2) is 10.4 Å². The van der Waals surface area contributed by atoms with Gasteiger partial charge < -0.3 is 5.11 Å². The fraction of sp³-hybridized carbons (Fsp3) is 0.750. The molecule has 0 radical (unpaired) electrons. The number of alkyl halides is 1. The zero-order valence-electron chi connectivity index (χ0n) is 6.44. The molecular weight excluding hydrogens is 192 g/mol. The van der Waals surface area contributed by atoms with Gasteiger partial charge in [0.2, 0.25) is 0 Å². The van der Waals surface area contributed by atoms with Gasteiger partial charge in [-0.15, -0.1) is 0 Å². The second kappa shape index (κ2) is 7.13. The highest BCUT2D eigenvalue weighted by Crippen LogP contribution is 2.05. The molecule has 0 aromatic heterocycles. The second-order valence-corrected chi connectivity index (χ2v) is 2.95. The summed E-state index contributed by atoms with van der Waals surface area (Å²) >= 11 is 3.22. The summed E-state index contributed by atoms with van der Waals surface area (Å²) in [5.41, 5.74) is 0. The Morgan fingerprint density at radius 3 is 2.70 bits per heavy atom. The van der Waals surface area contributed by atoms with Crippen LogP contribution in [0.2, 0.25) is 0 Å². The maximum atomic E-state index is 9.11. The first kappa shape index (κ1) is 10.0. The van der Waals surface area contributed by atoms with Crippen LogP contribution in [0.3, 0.4) is 0 Å². The third kappa shape index (κ3) is 6.14. The fourth-order valence-electron chi connectivity index (χ4n) is 0.747. The molecule has 60 valence electrons. The van der Waals surface area contributed by atoms with Gasteiger partial charge in [0.15, 0.2) is 0 Å². The molecule has 0 aliphatic rings. The van der Waals surface area contributed by atoms with Crippen molar-refractivity contribution in [3.63, 3.8) is 0 Å². The van der Waals surface area contributed by atoms with Crippen molar-refractivity contribution in [1.29, 1.82) is 0 Å². The topological polar surface area (TPSA) is 20.2 Å². The van der Waals surface area contributed by atoms with E-state index in [4.69, 9.17) is 5.11 Å². The highest BCUT2D eigenvalue weighted by atomic mass is 79.9. The molecule has 0 fully saturated rings. The molecule has 2 heteroatoms. The van der Waals surface area contributed by atoms with Crippen LogP contribution in [0.1, 0.15) is 32.6 Å². The van der Waals surface area contributed by atoms with E-state index in [-0.39, 0.29) is 0 Å². The van der Waals surface area contributed by atoms with Crippen molar-refractivity contribution in [2.45, 2.75) is 32.6 Å². The van der Waals surface area contributed by atoms with Crippen molar-refractivity contribution < 1.29 is 5.11 Å². The lowest BCUT2D eigenvalue weighted by Crippen LogP contribution is -1.82. The van der Waals surface area contributed by atoms with Gasteiger partial charge in [-0.1, -0.05) is 35.7 Å². The lowest BCUT2D eigenvalue weighted by Gasteiger charge is -1.96. The smallest absolute Gasteiger partial charge is 0.0891 e. The van der Waals surface area contributed by atoms with Crippen LogP contribution in [0.25, 0.3) is 0 Å². The summed E-state index contributed by atoms with van der Waals surface area (Å²) in [6.07, 6.45) is 6.16. The van der Waals surface area contributed by atoms with E-state index in [1.807, 2.05) is 0 Å². The van der Waals surface area contributed by atoms with Gasteiger partial charge in [0.25, 0.3) is 0 Å². The summed E-state index contributed by atoms with van der Waals surface area (Å²) in [7, 11) is 0. The molecule has 10 heavy (non-hydrogen) atoms. The third-order valence-electron chi connectivity index (χ3n) is 1.35. The minimum Gasteiger partial charge on any atom is -0.513 e. The lowest BCUT2D eigenvalue weighted by atomic mass is 10.2. The molecule has 1 nitrogen and oxygen atoms in total. The average Bonchev–Trinajstić information content (AvgIpc) is 1.89. The minimum absolute atomic E-state index is 0.519. The first-order valence-corrected chi connectivity index (χ1v) is 4.87. The standard InChI is InChI=1S/C8H15BrO/c1-2-3-4-5-8(10)6-7-9/h6,10H,2-5,7H2,1H3/b8-6-. The normalized spacial score (nSPS) is 12.0. The van der Waals surface area contributed by atoms with E-state index in [9.17, 15) is 0 Å². The maximum absolute atomic E-state index is 9.11. The van der Waals surface area contributed by atoms with Crippen molar-refractivity contribution in [2.75, 3.05) is 5.33 Å². The maximum Gasteiger partial charge on any atom is 0.0891 e. The third-order valence-corrected chi connectivity index (χ3v) is 1.67. The molecule has 0 rings (SSSR count). The summed E-state index contributed by atoms with van der Waals surface area (Å²) in [5, 5.41) is 9.86. The zero-order valence-corrected chi connectivity index (χ0v) is 8.02. The first-order valence-electron chi connectivity index (χ1n) is 3.75. The zero-order chi connectivity index (χ0) is 7.82. The lowest BCUT2D eigenvalue weighted by molar-refractivity contribution is 0.380. The molecule has 0 aromatic carbocycles. The van der Waals surface area contributed by atoms with Gasteiger partial charge in [-0.3, -0.25) is 0 Å². The SMILES string of the molecule is CCCCC/C(O)=C/CBr. The molecular formula is C8H15BrO. The van der Waals surface area contributed by atoms with Crippen LogP contribution in [0.4, 0.5) is 0 Å². The van der Waals surface area contributed by atoms with Crippen molar-refractivity contribution in [3.8, 4) is 0 Å². The number of hydrogen-bond acceptors (Lipinski definition) is 1. The van der Waals surface area contributed by atoms with Gasteiger partial charge in [0.05, 0.1) is 5.76 Å². The number of rotatable bonds is 5. The number of allylic oxidation sites excluding steroid dienone is 2. The van der Waals surface area contributed by atoms with Crippen molar-refractivity contribution in [3.05, 3.63) is 11.8 Å². The van der Waals surface area contributed by atoms with E-state index in [1.165, 1.54) is 12.8 Å². The first-order chi connectivity index (χ1) is 4.81. The minimum atomic E-state index is 0.519. The van der Waals surface area contributed by atoms with Gasteiger partial charge in [0.1, 0.15) is 0 Å². The quantitative estimate of drug-likeness (QED) is 0.416. The van der Waals surface area contributed by atoms with Crippen LogP contribution < -0.4 is 0 Å². The van der Waals surface area contributed by atoms with Gasteiger partial charge in [-0.2, -0.15) is 0 Å². The molecule has 1 N–H and O–H groups in total. The van der Waals surface area contributed by atoms with Gasteiger partial charge in [-0.25, -0.2) is 0 Å². The van der Waals surface area contributed by atoms with Crippen molar-refractivity contribution in [2.24, 2.45) is 0 Å². The van der Waals surface area contributed by atoms with E-state index in [0.717, 1.165) is 18.2 Å². The van der Waals surface area contributed by atoms with E-state index in [1.54, 1.807) is 6.08 Å². The van der Waals surface area contributed by atoms with Crippen molar-refractivity contribution >= 4 is 15.9 Å². The summed E-state index contributed by atoms with van der Waals surface area (Å²) < 4.78 is 0. The number of aliphatic hydroxyl groups excluding tert-OH is 1. The molecule has 0 aromatic rings. The number of aliphatic hydroxyl groups is 1. The van der Waals surface area contributed by atoms with Crippen LogP contribution in [0.5, 0.6) is 0 Å². The number of unbranched alkanes of at least 4 members (excludes halogenated alkanes) is 2. The Labute approximate surface area is 71.3 Å². The summed E-state index contributed by atoms with van der Waals surface area (Å²) in [6, 6.07) is 0. The van der Waals surface area contributed by atoms with Crippen LogP contribution in [0, 0.1) is 0 Å². The molecule has 0 saturated carbocycles. The highest BCUT2D eigenvalue weighted by Gasteiger charge is 1.90. The Kier molecular flexibility index (Phi) is 7.15. The Morgan fingerprint density at radius 2 is 2.20 bits per heavy atom. The van der Waals surface area contributed by atoms with E-state index in [2.05, 4.69) is 22.9 Å². The molecule has 0 aliphatic heterocycles. The fourth-order valence-corrected chi connectivity index (χ4v) is 1.12. The molecule has 0 heterocycles. The molecule has 0 unspecified atom stereocenters. The van der Waals surface area contributed by atoms with Gasteiger partial charge in [-0.05, 0) is 12.5 Å². The molecule has 0 aliphatic carbocycles. The molecule has 0 bridgehead atoms. The molecule has 0 atom stereocenters. The average molecular weight is 207 g/mol. The predicted molar refractivity (Wildman–Crippen MR) is 48.6 cm³/mol. The molecule has 0 spiro atoms. The molecule has 0 amide bonds. The Hall–Kier alpha value is 0.0200. The summed E-state index contributed by atoms with van der Waals surface area (Å²) in [6.45, 7) is 2.16. The Bertz CT molecular complexity index is 99.4. The summed E-state index contributed by atoms with van der Waals surface area (Å²) in [4.78, 5) is 0. The Balaban J connectivity index is 3.21. The largest absolute Gasteiger partial charge is 0.513 e. The predicted octanol–water partition coefficient (Wildman–Crippen LogP) is 3.40. The van der Waals surface area contributed by atoms with Crippen LogP contribution >= 0.6 is 15.9 Å². The second-order valence-electron chi connectivity index (χ2n) is 2.31. The van der Waals surface area contributed by atoms with E-state index in [0.29, 0.717) is 5.76 Å². The van der Waals surface area contributed by atoms with Crippen molar-refractivity contribution in [1.82, 2.24) is 0 Å². The van der Waals surface area contributed by atoms with Crippen LogP contribution in [0.15, 0.2) is 11.8 Å². The number of hydrogen-bond donors (Lipinski definition) is 1. The highest BCUT2D eigenvalue weighted by molar-refractivity contribution is 9.09. The van der Waals surface area contributed by atoms with E-state index < -0.39 is 0 Å². The van der Waals surface area contributed by atoms with E-state index >= 15 is 0 Å². The van der Waals surface area contributed by atoms with Gasteiger partial charge in [0, 0.05) is 11.8 Å². The number of halogens is 1. The van der Waals surface area contributed by atoms with Crippen LogP contribution in [-0.2, 0) is 0 Å². The monoisotopic (exact) mass is 206 g/mol.